The Morgan fingerprint density at radius 1 is 1.43 bits per heavy atom. The van der Waals surface area contributed by atoms with E-state index in [0.29, 0.717) is 17.4 Å². The fourth-order valence-electron chi connectivity index (χ4n) is 1.66. The number of aryl methyl sites for hydroxylation is 1. The molecule has 0 aliphatic carbocycles. The minimum atomic E-state index is -0.572. The molecule has 1 N–H and O–H groups in total. The van der Waals surface area contributed by atoms with E-state index in [0.717, 1.165) is 30.9 Å². The number of methoxy groups -OCH3 is 1. The summed E-state index contributed by atoms with van der Waals surface area (Å²) >= 11 is 1.39. The highest BCUT2D eigenvalue weighted by atomic mass is 32.1. The number of furan rings is 1. The topological polar surface area (TPSA) is 103 Å². The van der Waals surface area contributed by atoms with E-state index >= 15 is 0 Å². The van der Waals surface area contributed by atoms with E-state index in [1.807, 2.05) is 0 Å². The molecule has 21 heavy (non-hydrogen) atoms. The molecule has 0 aliphatic heterocycles. The number of aromatic nitrogens is 2. The van der Waals surface area contributed by atoms with Crippen LogP contribution in [0.25, 0.3) is 10.8 Å². The first-order valence-corrected chi connectivity index (χ1v) is 7.29. The van der Waals surface area contributed by atoms with Gasteiger partial charge in [0.1, 0.15) is 9.93 Å². The Hall–Kier alpha value is -1.84. The molecule has 2 aromatic rings. The van der Waals surface area contributed by atoms with Crippen LogP contribution in [0.2, 0.25) is 0 Å². The molecule has 2 heterocycles. The van der Waals surface area contributed by atoms with Gasteiger partial charge in [0.15, 0.2) is 10.8 Å². The number of hydrogen-bond acceptors (Lipinski definition) is 8. The van der Waals surface area contributed by atoms with Crippen LogP contribution in [0.1, 0.15) is 11.4 Å². The molecule has 0 spiro atoms. The molecule has 0 saturated carbocycles. The van der Waals surface area contributed by atoms with E-state index in [1.165, 1.54) is 23.5 Å². The van der Waals surface area contributed by atoms with Crippen LogP contribution < -0.4 is 5.32 Å². The zero-order valence-electron chi connectivity index (χ0n) is 11.6. The lowest BCUT2D eigenvalue weighted by Gasteiger charge is -2.01. The molecule has 0 radical (unpaired) electrons. The van der Waals surface area contributed by atoms with Gasteiger partial charge in [-0.25, -0.2) is 0 Å². The maximum Gasteiger partial charge on any atom is 0.433 e. The summed E-state index contributed by atoms with van der Waals surface area (Å²) in [5.74, 6) is 0.0905. The number of rotatable bonds is 9. The molecule has 0 aliphatic rings. The van der Waals surface area contributed by atoms with Crippen LogP contribution in [0, 0.1) is 10.1 Å². The maximum atomic E-state index is 10.6. The van der Waals surface area contributed by atoms with Crippen molar-refractivity contribution in [3.63, 3.8) is 0 Å². The Morgan fingerprint density at radius 3 is 3.00 bits per heavy atom. The largest absolute Gasteiger partial charge is 0.433 e. The summed E-state index contributed by atoms with van der Waals surface area (Å²) in [6.45, 7) is 2.40. The second kappa shape index (κ2) is 7.81. The first-order valence-electron chi connectivity index (χ1n) is 6.47. The smallest absolute Gasteiger partial charge is 0.398 e. The molecule has 2 rings (SSSR count). The van der Waals surface area contributed by atoms with Gasteiger partial charge in [-0.1, -0.05) is 11.3 Å². The standard InChI is InChI=1S/C12H16N4O4S/c1-19-8-7-13-6-2-3-10-14-15-12(21-10)9-4-5-11(20-9)16(17)18/h4-5,13H,2-3,6-8H2,1H3. The Labute approximate surface area is 125 Å². The van der Waals surface area contributed by atoms with Gasteiger partial charge in [0, 0.05) is 20.1 Å². The lowest BCUT2D eigenvalue weighted by atomic mass is 10.3. The maximum absolute atomic E-state index is 10.6. The van der Waals surface area contributed by atoms with Crippen LogP contribution in [-0.4, -0.2) is 41.9 Å². The fraction of sp³-hybridized carbons (Fsp3) is 0.500. The summed E-state index contributed by atoms with van der Waals surface area (Å²) in [5.41, 5.74) is 0. The number of ether oxygens (including phenoxy) is 1. The lowest BCUT2D eigenvalue weighted by Crippen LogP contribution is -2.20. The fourth-order valence-corrected chi connectivity index (χ4v) is 2.50. The molecule has 0 saturated heterocycles. The highest BCUT2D eigenvalue weighted by molar-refractivity contribution is 7.14. The predicted octanol–water partition coefficient (Wildman–Crippen LogP) is 1.87. The zero-order valence-corrected chi connectivity index (χ0v) is 12.4. The van der Waals surface area contributed by atoms with E-state index in [4.69, 9.17) is 9.15 Å². The second-order valence-electron chi connectivity index (χ2n) is 4.24. The summed E-state index contributed by atoms with van der Waals surface area (Å²) in [4.78, 5) is 9.99. The predicted molar refractivity (Wildman–Crippen MR) is 77.3 cm³/mol. The van der Waals surface area contributed by atoms with Crippen molar-refractivity contribution in [1.29, 1.82) is 0 Å². The number of nitro groups is 1. The van der Waals surface area contributed by atoms with Gasteiger partial charge < -0.3 is 14.5 Å². The summed E-state index contributed by atoms with van der Waals surface area (Å²) < 4.78 is 10.0. The van der Waals surface area contributed by atoms with Gasteiger partial charge in [0.25, 0.3) is 0 Å². The Kier molecular flexibility index (Phi) is 5.78. The molecule has 0 unspecified atom stereocenters. The Morgan fingerprint density at radius 2 is 2.29 bits per heavy atom. The van der Waals surface area contributed by atoms with Crippen molar-refractivity contribution in [1.82, 2.24) is 15.5 Å². The molecule has 2 aromatic heterocycles. The molecule has 0 fully saturated rings. The molecule has 8 nitrogen and oxygen atoms in total. The number of hydrogen-bond donors (Lipinski definition) is 1. The third kappa shape index (κ3) is 4.59. The van der Waals surface area contributed by atoms with E-state index in [-0.39, 0.29) is 5.88 Å². The van der Waals surface area contributed by atoms with Gasteiger partial charge in [-0.3, -0.25) is 10.1 Å². The summed E-state index contributed by atoms with van der Waals surface area (Å²) in [7, 11) is 1.67. The summed E-state index contributed by atoms with van der Waals surface area (Å²) in [6.07, 6.45) is 1.75. The van der Waals surface area contributed by atoms with E-state index in [2.05, 4.69) is 15.5 Å². The normalized spacial score (nSPS) is 10.9. The van der Waals surface area contributed by atoms with Crippen LogP contribution >= 0.6 is 11.3 Å². The summed E-state index contributed by atoms with van der Waals surface area (Å²) in [5, 5.41) is 23.3. The Balaban J connectivity index is 1.82. The van der Waals surface area contributed by atoms with E-state index in [9.17, 15) is 10.1 Å². The number of nitrogens with zero attached hydrogens (tertiary/aromatic N) is 3. The molecule has 9 heteroatoms. The lowest BCUT2D eigenvalue weighted by molar-refractivity contribution is -0.401. The third-order valence-electron chi connectivity index (χ3n) is 2.68. The van der Waals surface area contributed by atoms with Crippen LogP contribution in [0.3, 0.4) is 0 Å². The quantitative estimate of drug-likeness (QED) is 0.428. The van der Waals surface area contributed by atoms with Gasteiger partial charge in [-0.2, -0.15) is 0 Å². The molecular formula is C12H16N4O4S. The number of nitrogens with one attached hydrogen (secondary N) is 1. The van der Waals surface area contributed by atoms with Gasteiger partial charge >= 0.3 is 5.88 Å². The van der Waals surface area contributed by atoms with Gasteiger partial charge in [0.2, 0.25) is 0 Å². The molecular weight excluding hydrogens is 296 g/mol. The van der Waals surface area contributed by atoms with Crippen LogP contribution in [0.5, 0.6) is 0 Å². The minimum absolute atomic E-state index is 0.288. The first kappa shape index (κ1) is 15.5. The minimum Gasteiger partial charge on any atom is -0.398 e. The average molecular weight is 312 g/mol. The van der Waals surface area contributed by atoms with Crippen molar-refractivity contribution in [3.05, 3.63) is 27.3 Å². The van der Waals surface area contributed by atoms with Crippen molar-refractivity contribution in [2.24, 2.45) is 0 Å². The zero-order chi connectivity index (χ0) is 15.1. The third-order valence-corrected chi connectivity index (χ3v) is 3.67. The van der Waals surface area contributed by atoms with Crippen LogP contribution in [0.4, 0.5) is 5.88 Å². The molecule has 0 bridgehead atoms. The van der Waals surface area contributed by atoms with E-state index < -0.39 is 4.92 Å². The van der Waals surface area contributed by atoms with Gasteiger partial charge in [0.05, 0.1) is 12.7 Å². The second-order valence-corrected chi connectivity index (χ2v) is 5.30. The van der Waals surface area contributed by atoms with Crippen LogP contribution in [-0.2, 0) is 11.2 Å². The van der Waals surface area contributed by atoms with Crippen molar-refractivity contribution < 1.29 is 14.1 Å². The highest BCUT2D eigenvalue weighted by Crippen LogP contribution is 2.28. The van der Waals surface area contributed by atoms with Crippen molar-refractivity contribution in [2.45, 2.75) is 12.8 Å². The monoisotopic (exact) mass is 312 g/mol. The first-order chi connectivity index (χ1) is 10.2. The van der Waals surface area contributed by atoms with Crippen LogP contribution in [0.15, 0.2) is 16.5 Å². The highest BCUT2D eigenvalue weighted by Gasteiger charge is 2.16. The molecule has 0 amide bonds. The Bertz CT molecular complexity index is 583. The van der Waals surface area contributed by atoms with Crippen molar-refractivity contribution in [2.75, 3.05) is 26.8 Å². The van der Waals surface area contributed by atoms with Crippen molar-refractivity contribution >= 4 is 17.2 Å². The van der Waals surface area contributed by atoms with E-state index in [1.54, 1.807) is 7.11 Å². The molecule has 0 atom stereocenters. The average Bonchev–Trinajstić information content (AvgIpc) is 3.11. The van der Waals surface area contributed by atoms with Crippen molar-refractivity contribution in [3.8, 4) is 10.8 Å². The molecule has 0 aromatic carbocycles. The van der Waals surface area contributed by atoms with Gasteiger partial charge in [-0.05, 0) is 19.0 Å². The van der Waals surface area contributed by atoms with Gasteiger partial charge in [-0.15, -0.1) is 10.2 Å². The summed E-state index contributed by atoms with van der Waals surface area (Å²) in [6, 6.07) is 2.85. The molecule has 114 valence electrons. The SMILES string of the molecule is COCCNCCCc1nnc(-c2ccc([N+](=O)[O-])o2)s1.